The minimum Gasteiger partial charge on any atom is -0.507 e. The van der Waals surface area contributed by atoms with Crippen molar-refractivity contribution in [1.29, 1.82) is 0 Å². The van der Waals surface area contributed by atoms with Crippen LogP contribution in [0, 0.1) is 12.7 Å². The minimum atomic E-state index is -0.703. The fourth-order valence-electron chi connectivity index (χ4n) is 4.65. The summed E-state index contributed by atoms with van der Waals surface area (Å²) in [7, 11) is 1.57. The molecule has 1 saturated heterocycles. The fraction of sp³-hybridized carbons (Fsp3) is 0.360. The van der Waals surface area contributed by atoms with Gasteiger partial charge in [-0.1, -0.05) is 31.4 Å². The minimum absolute atomic E-state index is 0.0479. The van der Waals surface area contributed by atoms with Crippen molar-refractivity contribution in [1.82, 2.24) is 4.90 Å². The Kier molecular flexibility index (Phi) is 5.81. The van der Waals surface area contributed by atoms with Crippen LogP contribution in [0.3, 0.4) is 0 Å². The van der Waals surface area contributed by atoms with Crippen LogP contribution in [-0.2, 0) is 9.59 Å². The van der Waals surface area contributed by atoms with Gasteiger partial charge in [0.2, 0.25) is 0 Å². The van der Waals surface area contributed by atoms with E-state index in [1.807, 2.05) is 12.1 Å². The maximum atomic E-state index is 13.8. The Balaban J connectivity index is 1.87. The molecule has 1 atom stereocenters. The van der Waals surface area contributed by atoms with E-state index < -0.39 is 23.5 Å². The summed E-state index contributed by atoms with van der Waals surface area (Å²) in [6, 6.07) is 10.6. The van der Waals surface area contributed by atoms with Crippen LogP contribution in [0.2, 0.25) is 0 Å². The predicted octanol–water partition coefficient (Wildman–Crippen LogP) is 4.90. The third-order valence-electron chi connectivity index (χ3n) is 6.31. The largest absolute Gasteiger partial charge is 0.507 e. The van der Waals surface area contributed by atoms with Gasteiger partial charge in [-0.3, -0.25) is 9.59 Å². The van der Waals surface area contributed by atoms with E-state index in [0.717, 1.165) is 37.7 Å². The number of benzene rings is 2. The van der Waals surface area contributed by atoms with E-state index in [4.69, 9.17) is 4.74 Å². The number of ketones is 1. The van der Waals surface area contributed by atoms with Crippen molar-refractivity contribution >= 4 is 17.4 Å². The van der Waals surface area contributed by atoms with E-state index in [-0.39, 0.29) is 17.4 Å². The summed E-state index contributed by atoms with van der Waals surface area (Å²) >= 11 is 0. The molecule has 5 nitrogen and oxygen atoms in total. The lowest BCUT2D eigenvalue weighted by Crippen LogP contribution is -2.40. The molecular weight excluding hydrogens is 397 g/mol. The molecular formula is C25H26FNO4. The van der Waals surface area contributed by atoms with Crippen LogP contribution in [0.4, 0.5) is 4.39 Å². The molecule has 1 N–H and O–H groups in total. The third-order valence-corrected chi connectivity index (χ3v) is 6.31. The number of hydrogen-bond acceptors (Lipinski definition) is 4. The van der Waals surface area contributed by atoms with Crippen molar-refractivity contribution in [3.8, 4) is 5.75 Å². The van der Waals surface area contributed by atoms with E-state index in [1.165, 1.54) is 18.2 Å². The van der Waals surface area contributed by atoms with Crippen LogP contribution in [0.25, 0.3) is 5.76 Å². The van der Waals surface area contributed by atoms with E-state index in [9.17, 15) is 19.1 Å². The molecule has 6 heteroatoms. The second-order valence-corrected chi connectivity index (χ2v) is 8.24. The number of rotatable bonds is 4. The molecule has 2 fully saturated rings. The molecule has 0 bridgehead atoms. The molecule has 1 unspecified atom stereocenters. The molecule has 2 aromatic carbocycles. The lowest BCUT2D eigenvalue weighted by Gasteiger charge is -2.35. The lowest BCUT2D eigenvalue weighted by atomic mass is 9.91. The Bertz CT molecular complexity index is 1040. The van der Waals surface area contributed by atoms with Gasteiger partial charge in [0, 0.05) is 11.6 Å². The fourth-order valence-corrected chi connectivity index (χ4v) is 4.65. The topological polar surface area (TPSA) is 66.8 Å². The summed E-state index contributed by atoms with van der Waals surface area (Å²) < 4.78 is 19.0. The Labute approximate surface area is 181 Å². The summed E-state index contributed by atoms with van der Waals surface area (Å²) in [6.45, 7) is 1.59. The Morgan fingerprint density at radius 3 is 2.35 bits per heavy atom. The number of aliphatic hydroxyl groups is 1. The van der Waals surface area contributed by atoms with Crippen molar-refractivity contribution in [3.63, 3.8) is 0 Å². The van der Waals surface area contributed by atoms with E-state index >= 15 is 0 Å². The average Bonchev–Trinajstić information content (AvgIpc) is 3.06. The molecule has 1 heterocycles. The van der Waals surface area contributed by atoms with Crippen molar-refractivity contribution in [2.75, 3.05) is 7.11 Å². The zero-order valence-electron chi connectivity index (χ0n) is 17.7. The van der Waals surface area contributed by atoms with Crippen molar-refractivity contribution in [2.24, 2.45) is 0 Å². The molecule has 4 rings (SSSR count). The average molecular weight is 423 g/mol. The first-order chi connectivity index (χ1) is 14.9. The van der Waals surface area contributed by atoms with E-state index in [1.54, 1.807) is 31.1 Å². The smallest absolute Gasteiger partial charge is 0.295 e. The number of ether oxygens (including phenoxy) is 1. The molecule has 2 aliphatic rings. The number of aliphatic hydroxyl groups excluding tert-OH is 1. The van der Waals surface area contributed by atoms with Gasteiger partial charge in [-0.15, -0.1) is 0 Å². The standard InChI is InChI=1S/C25H26FNO4/c1-15-14-17(10-13-20(15)26)23(28)21-22(16-8-11-19(31-2)12-9-16)27(25(30)24(21)29)18-6-4-3-5-7-18/h8-14,18,22,28H,3-7H2,1-2H3/b23-21-. The maximum absolute atomic E-state index is 13.8. The monoisotopic (exact) mass is 423 g/mol. The Hall–Kier alpha value is -3.15. The zero-order valence-corrected chi connectivity index (χ0v) is 17.7. The van der Waals surface area contributed by atoms with Crippen LogP contribution in [0.1, 0.15) is 54.8 Å². The zero-order chi connectivity index (χ0) is 22.1. The van der Waals surface area contributed by atoms with Gasteiger partial charge in [0.15, 0.2) is 0 Å². The number of hydrogen-bond donors (Lipinski definition) is 1. The Morgan fingerprint density at radius 2 is 1.74 bits per heavy atom. The van der Waals surface area contributed by atoms with Crippen LogP contribution in [0.5, 0.6) is 5.75 Å². The molecule has 1 aliphatic carbocycles. The summed E-state index contributed by atoms with van der Waals surface area (Å²) in [5, 5.41) is 11.1. The first-order valence-electron chi connectivity index (χ1n) is 10.6. The van der Waals surface area contributed by atoms with Gasteiger partial charge >= 0.3 is 0 Å². The molecule has 31 heavy (non-hydrogen) atoms. The second kappa shape index (κ2) is 8.53. The van der Waals surface area contributed by atoms with Gasteiger partial charge in [0.25, 0.3) is 11.7 Å². The number of likely N-dealkylation sites (tertiary alicyclic amines) is 1. The molecule has 1 amide bonds. The first-order valence-corrected chi connectivity index (χ1v) is 10.6. The number of methoxy groups -OCH3 is 1. The number of halogens is 1. The summed E-state index contributed by atoms with van der Waals surface area (Å²) in [5.74, 6) is -1.31. The van der Waals surface area contributed by atoms with Crippen LogP contribution in [0.15, 0.2) is 48.0 Å². The SMILES string of the molecule is COc1ccc(C2/C(=C(/O)c3ccc(F)c(C)c3)C(=O)C(=O)N2C2CCCCC2)cc1. The van der Waals surface area contributed by atoms with Crippen molar-refractivity contribution < 1.29 is 23.8 Å². The van der Waals surface area contributed by atoms with Crippen molar-refractivity contribution in [3.05, 3.63) is 70.5 Å². The number of nitrogens with zero attached hydrogens (tertiary/aromatic N) is 1. The summed E-state index contributed by atoms with van der Waals surface area (Å²) in [4.78, 5) is 27.9. The van der Waals surface area contributed by atoms with Crippen LogP contribution < -0.4 is 4.74 Å². The molecule has 0 aromatic heterocycles. The first kappa shape index (κ1) is 21.1. The highest BCUT2D eigenvalue weighted by Crippen LogP contribution is 2.43. The molecule has 162 valence electrons. The molecule has 1 aliphatic heterocycles. The second-order valence-electron chi connectivity index (χ2n) is 8.24. The summed E-state index contributed by atoms with van der Waals surface area (Å²) in [6.07, 6.45) is 4.77. The molecule has 1 saturated carbocycles. The van der Waals surface area contributed by atoms with Gasteiger partial charge in [-0.05, 0) is 61.2 Å². The van der Waals surface area contributed by atoms with Gasteiger partial charge < -0.3 is 14.7 Å². The van der Waals surface area contributed by atoms with Crippen LogP contribution in [-0.4, -0.2) is 34.8 Å². The normalized spacial score (nSPS) is 21.5. The van der Waals surface area contributed by atoms with E-state index in [2.05, 4.69) is 0 Å². The van der Waals surface area contributed by atoms with Gasteiger partial charge in [0.1, 0.15) is 17.3 Å². The number of aryl methyl sites for hydroxylation is 1. The number of amides is 1. The van der Waals surface area contributed by atoms with Gasteiger partial charge in [-0.25, -0.2) is 4.39 Å². The van der Waals surface area contributed by atoms with Gasteiger partial charge in [0.05, 0.1) is 18.7 Å². The summed E-state index contributed by atoms with van der Waals surface area (Å²) in [5.41, 5.74) is 1.45. The molecule has 0 radical (unpaired) electrons. The Morgan fingerprint density at radius 1 is 1.06 bits per heavy atom. The highest BCUT2D eigenvalue weighted by atomic mass is 19.1. The number of carbonyl (C=O) groups excluding carboxylic acids is 2. The number of Topliss-reactive ketones (excluding diaryl/α,β-unsaturated/α-hetero) is 1. The molecule has 0 spiro atoms. The lowest BCUT2D eigenvalue weighted by molar-refractivity contribution is -0.141. The van der Waals surface area contributed by atoms with Crippen LogP contribution >= 0.6 is 0 Å². The number of carbonyl (C=O) groups is 2. The third kappa shape index (κ3) is 3.82. The quantitative estimate of drug-likeness (QED) is 0.432. The predicted molar refractivity (Wildman–Crippen MR) is 115 cm³/mol. The van der Waals surface area contributed by atoms with Gasteiger partial charge in [-0.2, -0.15) is 0 Å². The highest BCUT2D eigenvalue weighted by molar-refractivity contribution is 6.46. The van der Waals surface area contributed by atoms with Crippen molar-refractivity contribution in [2.45, 2.75) is 51.1 Å². The highest BCUT2D eigenvalue weighted by Gasteiger charge is 2.48. The molecule has 2 aromatic rings. The van der Waals surface area contributed by atoms with E-state index in [0.29, 0.717) is 16.9 Å². The maximum Gasteiger partial charge on any atom is 0.295 e.